The summed E-state index contributed by atoms with van der Waals surface area (Å²) < 4.78 is 11.4. The molecule has 1 amide bonds. The molecule has 83 heavy (non-hydrogen) atoms. The topological polar surface area (TPSA) is 149 Å². The van der Waals surface area contributed by atoms with E-state index in [1.165, 1.54) is 295 Å². The highest BCUT2D eigenvalue weighted by Gasteiger charge is 2.44. The number of ether oxygens (including phenoxy) is 2. The maximum Gasteiger partial charge on any atom is 0.220 e. The molecule has 0 spiro atoms. The van der Waals surface area contributed by atoms with Crippen LogP contribution in [-0.4, -0.2) is 87.5 Å². The molecule has 1 aliphatic rings. The molecule has 7 unspecified atom stereocenters. The van der Waals surface area contributed by atoms with Crippen molar-refractivity contribution in [2.75, 3.05) is 13.2 Å². The van der Waals surface area contributed by atoms with Crippen LogP contribution in [0.25, 0.3) is 0 Å². The molecule has 0 bridgehead atoms. The first kappa shape index (κ1) is 79.4. The average molecular weight is 1170 g/mol. The van der Waals surface area contributed by atoms with Gasteiger partial charge in [-0.3, -0.25) is 4.79 Å². The van der Waals surface area contributed by atoms with Crippen molar-refractivity contribution in [1.82, 2.24) is 5.32 Å². The Labute approximate surface area is 514 Å². The standard InChI is InChI=1S/C74H141NO8/c1-3-5-7-9-11-13-15-17-19-21-23-25-27-29-31-33-34-36-37-39-41-43-45-47-49-51-53-55-57-59-61-63-68(77)67(66-82-74-73(81)72(80)71(79)69(65-76)83-74)75-70(78)64-62-60-58-56-54-52-50-48-46-44-42-40-38-35-32-30-28-26-24-22-20-18-16-14-12-10-8-6-4-2/h16,18,22,24,28,30,67-69,71-74,76-77,79-81H,3-15,17,19-21,23,25-27,29,31-66H2,1-2H3,(H,75,78)/b18-16-,24-22-,30-28-. The predicted octanol–water partition coefficient (Wildman–Crippen LogP) is 20.2. The van der Waals surface area contributed by atoms with Gasteiger partial charge in [0, 0.05) is 6.42 Å². The van der Waals surface area contributed by atoms with E-state index in [0.29, 0.717) is 12.8 Å². The lowest BCUT2D eigenvalue weighted by molar-refractivity contribution is -0.302. The minimum atomic E-state index is -1.55. The largest absolute Gasteiger partial charge is 0.394 e. The fourth-order valence-electron chi connectivity index (χ4n) is 12.0. The van der Waals surface area contributed by atoms with Gasteiger partial charge in [0.2, 0.25) is 5.91 Å². The van der Waals surface area contributed by atoms with Crippen molar-refractivity contribution in [1.29, 1.82) is 0 Å². The number of aliphatic hydroxyl groups excluding tert-OH is 5. The fourth-order valence-corrected chi connectivity index (χ4v) is 12.0. The smallest absolute Gasteiger partial charge is 0.220 e. The summed E-state index contributed by atoms with van der Waals surface area (Å²) in [4.78, 5) is 13.2. The third kappa shape index (κ3) is 52.1. The highest BCUT2D eigenvalue weighted by molar-refractivity contribution is 5.76. The maximum absolute atomic E-state index is 13.2. The number of allylic oxidation sites excluding steroid dienone is 6. The molecular weight excluding hydrogens is 1030 g/mol. The summed E-state index contributed by atoms with van der Waals surface area (Å²) in [6.07, 6.45) is 77.9. The van der Waals surface area contributed by atoms with Gasteiger partial charge in [0.1, 0.15) is 24.4 Å². The molecule has 1 saturated heterocycles. The van der Waals surface area contributed by atoms with E-state index in [4.69, 9.17) is 9.47 Å². The molecule has 1 heterocycles. The first-order valence-corrected chi connectivity index (χ1v) is 36.7. The molecule has 0 radical (unpaired) electrons. The summed E-state index contributed by atoms with van der Waals surface area (Å²) in [5, 5.41) is 55.0. The van der Waals surface area contributed by atoms with Gasteiger partial charge in [-0.05, 0) is 51.4 Å². The first-order valence-electron chi connectivity index (χ1n) is 36.7. The van der Waals surface area contributed by atoms with Crippen molar-refractivity contribution in [3.8, 4) is 0 Å². The summed E-state index contributed by atoms with van der Waals surface area (Å²) in [7, 11) is 0. The molecule has 0 aromatic rings. The lowest BCUT2D eigenvalue weighted by Gasteiger charge is -2.40. The molecule has 1 aliphatic heterocycles. The predicted molar refractivity (Wildman–Crippen MR) is 355 cm³/mol. The summed E-state index contributed by atoms with van der Waals surface area (Å²) in [6.45, 7) is 3.88. The molecule has 7 atom stereocenters. The number of nitrogens with one attached hydrogen (secondary N) is 1. The number of amides is 1. The van der Waals surface area contributed by atoms with Gasteiger partial charge in [0.05, 0.1) is 25.4 Å². The van der Waals surface area contributed by atoms with E-state index in [1.807, 2.05) is 0 Å². The number of aliphatic hydroxyl groups is 5. The Bertz CT molecular complexity index is 1410. The van der Waals surface area contributed by atoms with Crippen molar-refractivity contribution >= 4 is 5.91 Å². The molecule has 0 saturated carbocycles. The molecule has 1 fully saturated rings. The van der Waals surface area contributed by atoms with Gasteiger partial charge in [-0.15, -0.1) is 0 Å². The quantitative estimate of drug-likeness (QED) is 0.0261. The van der Waals surface area contributed by atoms with Crippen LogP contribution >= 0.6 is 0 Å². The van der Waals surface area contributed by atoms with Crippen LogP contribution in [0.1, 0.15) is 373 Å². The van der Waals surface area contributed by atoms with Gasteiger partial charge in [-0.1, -0.05) is 352 Å². The summed E-state index contributed by atoms with van der Waals surface area (Å²) >= 11 is 0. The third-order valence-electron chi connectivity index (χ3n) is 17.7. The first-order chi connectivity index (χ1) is 40.8. The Morgan fingerprint density at radius 2 is 0.711 bits per heavy atom. The van der Waals surface area contributed by atoms with E-state index < -0.39 is 49.5 Å². The molecule has 0 aliphatic carbocycles. The van der Waals surface area contributed by atoms with Gasteiger partial charge in [0.25, 0.3) is 0 Å². The van der Waals surface area contributed by atoms with Crippen LogP contribution in [0.2, 0.25) is 0 Å². The SMILES string of the molecule is CCCCCCC/C=C\C/C=C\C/C=C\CCCCCCCCCCCCCCCCC(=O)NC(COC1OC(CO)C(O)C(O)C1O)C(O)CCCCCCCCCCCCCCCCCCCCCCCCCCCCCCCCC. The van der Waals surface area contributed by atoms with Crippen molar-refractivity contribution < 1.29 is 39.8 Å². The van der Waals surface area contributed by atoms with E-state index in [9.17, 15) is 30.3 Å². The Hall–Kier alpha value is -1.59. The van der Waals surface area contributed by atoms with Gasteiger partial charge < -0.3 is 40.3 Å². The normalized spacial score (nSPS) is 18.4. The van der Waals surface area contributed by atoms with Gasteiger partial charge >= 0.3 is 0 Å². The second-order valence-corrected chi connectivity index (χ2v) is 25.7. The lowest BCUT2D eigenvalue weighted by Crippen LogP contribution is -2.60. The van der Waals surface area contributed by atoms with Crippen molar-refractivity contribution in [2.45, 2.75) is 416 Å². The van der Waals surface area contributed by atoms with E-state index in [-0.39, 0.29) is 12.5 Å². The minimum absolute atomic E-state index is 0.135. The number of carbonyl (C=O) groups is 1. The molecule has 9 heteroatoms. The van der Waals surface area contributed by atoms with Crippen LogP contribution < -0.4 is 5.32 Å². The van der Waals surface area contributed by atoms with E-state index in [2.05, 4.69) is 55.6 Å². The highest BCUT2D eigenvalue weighted by Crippen LogP contribution is 2.24. The minimum Gasteiger partial charge on any atom is -0.394 e. The van der Waals surface area contributed by atoms with Crippen LogP contribution in [-0.2, 0) is 14.3 Å². The molecule has 9 nitrogen and oxygen atoms in total. The summed E-state index contributed by atoms with van der Waals surface area (Å²) in [6, 6.07) is -0.721. The molecule has 490 valence electrons. The van der Waals surface area contributed by atoms with E-state index in [0.717, 1.165) is 51.4 Å². The monoisotopic (exact) mass is 1170 g/mol. The number of hydrogen-bond acceptors (Lipinski definition) is 8. The Morgan fingerprint density at radius 3 is 1.05 bits per heavy atom. The molecular formula is C74H141NO8. The number of rotatable bonds is 65. The van der Waals surface area contributed by atoms with Crippen LogP contribution in [0.4, 0.5) is 0 Å². The Morgan fingerprint density at radius 1 is 0.410 bits per heavy atom. The number of carbonyl (C=O) groups excluding carboxylic acids is 1. The van der Waals surface area contributed by atoms with Gasteiger partial charge in [-0.2, -0.15) is 0 Å². The van der Waals surface area contributed by atoms with Crippen molar-refractivity contribution in [3.05, 3.63) is 36.5 Å². The fraction of sp³-hybridized carbons (Fsp3) is 0.905. The van der Waals surface area contributed by atoms with Crippen molar-refractivity contribution in [3.63, 3.8) is 0 Å². The zero-order valence-corrected chi connectivity index (χ0v) is 55.0. The molecule has 0 aromatic carbocycles. The number of hydrogen-bond donors (Lipinski definition) is 6. The lowest BCUT2D eigenvalue weighted by atomic mass is 9.99. The van der Waals surface area contributed by atoms with Gasteiger partial charge in [-0.25, -0.2) is 0 Å². The zero-order chi connectivity index (χ0) is 60.0. The van der Waals surface area contributed by atoms with Crippen LogP contribution in [0.5, 0.6) is 0 Å². The Kier molecular flexibility index (Phi) is 60.7. The van der Waals surface area contributed by atoms with Crippen LogP contribution in [0.15, 0.2) is 36.5 Å². The van der Waals surface area contributed by atoms with E-state index >= 15 is 0 Å². The van der Waals surface area contributed by atoms with Crippen LogP contribution in [0, 0.1) is 0 Å². The summed E-state index contributed by atoms with van der Waals surface area (Å²) in [5.74, 6) is -0.139. The van der Waals surface area contributed by atoms with E-state index in [1.54, 1.807) is 0 Å². The average Bonchev–Trinajstić information content (AvgIpc) is 3.60. The molecule has 0 aromatic heterocycles. The number of unbranched alkanes of at least 4 members (excludes halogenated alkanes) is 49. The summed E-state index contributed by atoms with van der Waals surface area (Å²) in [5.41, 5.74) is 0. The molecule has 6 N–H and O–H groups in total. The second kappa shape index (κ2) is 63.4. The maximum atomic E-state index is 13.2. The van der Waals surface area contributed by atoms with Crippen LogP contribution in [0.3, 0.4) is 0 Å². The highest BCUT2D eigenvalue weighted by atomic mass is 16.7. The molecule has 1 rings (SSSR count). The van der Waals surface area contributed by atoms with Crippen molar-refractivity contribution in [2.24, 2.45) is 0 Å². The zero-order valence-electron chi connectivity index (χ0n) is 55.0. The van der Waals surface area contributed by atoms with Gasteiger partial charge in [0.15, 0.2) is 6.29 Å². The second-order valence-electron chi connectivity index (χ2n) is 25.7. The Balaban J connectivity index is 2.09. The third-order valence-corrected chi connectivity index (χ3v) is 17.7.